The van der Waals surface area contributed by atoms with E-state index in [-0.39, 0.29) is 0 Å². The molecule has 4 unspecified atom stereocenters. The lowest BCUT2D eigenvalue weighted by molar-refractivity contribution is -0.126. The standard InChI is InChI=1S/C11H14O/c12-11-9-4-2-1-3-7-8(9)5-6-10(7)11/h1,3,7-10H,2,4-6H2. The van der Waals surface area contributed by atoms with Crippen molar-refractivity contribution in [3.8, 4) is 0 Å². The summed E-state index contributed by atoms with van der Waals surface area (Å²) in [5, 5.41) is 0. The van der Waals surface area contributed by atoms with Crippen molar-refractivity contribution in [1.82, 2.24) is 0 Å². The van der Waals surface area contributed by atoms with E-state index in [1.54, 1.807) is 0 Å². The number of carbonyl (C=O) groups is 1. The quantitative estimate of drug-likeness (QED) is 0.499. The third kappa shape index (κ3) is 0.675. The molecule has 2 fully saturated rings. The number of hydrogen-bond donors (Lipinski definition) is 0. The minimum atomic E-state index is 0.427. The highest BCUT2D eigenvalue weighted by Crippen LogP contribution is 2.53. The molecule has 0 aliphatic heterocycles. The maximum Gasteiger partial charge on any atom is 0.139 e. The SMILES string of the molecule is O=C1C2CCC3C1CCC=CC23. The van der Waals surface area contributed by atoms with E-state index in [2.05, 4.69) is 12.2 Å². The minimum absolute atomic E-state index is 0.427. The monoisotopic (exact) mass is 162 g/mol. The molecule has 0 saturated heterocycles. The molecule has 1 nitrogen and oxygen atoms in total. The van der Waals surface area contributed by atoms with Gasteiger partial charge in [-0.1, -0.05) is 12.2 Å². The highest BCUT2D eigenvalue weighted by atomic mass is 16.1. The van der Waals surface area contributed by atoms with Gasteiger partial charge in [-0.25, -0.2) is 0 Å². The minimum Gasteiger partial charge on any atom is -0.299 e. The van der Waals surface area contributed by atoms with Gasteiger partial charge in [-0.05, 0) is 37.5 Å². The zero-order chi connectivity index (χ0) is 8.13. The zero-order valence-electron chi connectivity index (χ0n) is 7.20. The summed E-state index contributed by atoms with van der Waals surface area (Å²) < 4.78 is 0. The second-order valence-electron chi connectivity index (χ2n) is 4.44. The van der Waals surface area contributed by atoms with Crippen LogP contribution in [0, 0.1) is 23.7 Å². The maximum absolute atomic E-state index is 11.8. The molecule has 0 amide bonds. The molecule has 0 spiro atoms. The first-order valence-electron chi connectivity index (χ1n) is 5.08. The molecule has 0 N–H and O–H groups in total. The van der Waals surface area contributed by atoms with E-state index in [4.69, 9.17) is 0 Å². The molecule has 3 aliphatic carbocycles. The Labute approximate surface area is 72.8 Å². The van der Waals surface area contributed by atoms with Gasteiger partial charge in [-0.3, -0.25) is 4.79 Å². The third-order valence-electron chi connectivity index (χ3n) is 4.02. The van der Waals surface area contributed by atoms with Crippen molar-refractivity contribution in [3.05, 3.63) is 12.2 Å². The molecule has 3 aliphatic rings. The Morgan fingerprint density at radius 3 is 3.00 bits per heavy atom. The zero-order valence-corrected chi connectivity index (χ0v) is 7.20. The van der Waals surface area contributed by atoms with Crippen LogP contribution in [0.5, 0.6) is 0 Å². The summed E-state index contributed by atoms with van der Waals surface area (Å²) in [5.74, 6) is 2.85. The van der Waals surface area contributed by atoms with Crippen molar-refractivity contribution in [2.75, 3.05) is 0 Å². The van der Waals surface area contributed by atoms with Gasteiger partial charge in [0.05, 0.1) is 0 Å². The predicted molar refractivity (Wildman–Crippen MR) is 46.6 cm³/mol. The van der Waals surface area contributed by atoms with Crippen LogP contribution >= 0.6 is 0 Å². The van der Waals surface area contributed by atoms with Crippen LogP contribution in [-0.2, 0) is 4.79 Å². The van der Waals surface area contributed by atoms with Gasteiger partial charge in [0.1, 0.15) is 5.78 Å². The summed E-state index contributed by atoms with van der Waals surface area (Å²) in [7, 11) is 0. The predicted octanol–water partition coefficient (Wildman–Crippen LogP) is 2.18. The average molecular weight is 162 g/mol. The van der Waals surface area contributed by atoms with Crippen molar-refractivity contribution in [2.45, 2.75) is 25.7 Å². The van der Waals surface area contributed by atoms with Crippen molar-refractivity contribution >= 4 is 5.78 Å². The topological polar surface area (TPSA) is 17.1 Å². The van der Waals surface area contributed by atoms with Crippen LogP contribution in [0.4, 0.5) is 0 Å². The van der Waals surface area contributed by atoms with Gasteiger partial charge >= 0.3 is 0 Å². The fourth-order valence-electron chi connectivity index (χ4n) is 3.50. The number of hydrogen-bond acceptors (Lipinski definition) is 1. The lowest BCUT2D eigenvalue weighted by Gasteiger charge is -2.18. The van der Waals surface area contributed by atoms with E-state index in [1.165, 1.54) is 12.8 Å². The van der Waals surface area contributed by atoms with Crippen molar-refractivity contribution < 1.29 is 4.79 Å². The molecule has 0 aromatic rings. The molecule has 0 aromatic carbocycles. The summed E-state index contributed by atoms with van der Waals surface area (Å²) in [6.07, 6.45) is 9.38. The van der Waals surface area contributed by atoms with Gasteiger partial charge in [0, 0.05) is 11.8 Å². The number of carbonyl (C=O) groups excluding carboxylic acids is 1. The van der Waals surface area contributed by atoms with E-state index < -0.39 is 0 Å². The molecule has 12 heavy (non-hydrogen) atoms. The Balaban J connectivity index is 2.05. The lowest BCUT2D eigenvalue weighted by Crippen LogP contribution is -2.21. The summed E-state index contributed by atoms with van der Waals surface area (Å²) in [6.45, 7) is 0. The van der Waals surface area contributed by atoms with Crippen LogP contribution in [0.25, 0.3) is 0 Å². The molecule has 0 aromatic heterocycles. The van der Waals surface area contributed by atoms with Crippen LogP contribution in [0.2, 0.25) is 0 Å². The van der Waals surface area contributed by atoms with E-state index in [1.807, 2.05) is 0 Å². The van der Waals surface area contributed by atoms with E-state index in [0.717, 1.165) is 18.8 Å². The summed E-state index contributed by atoms with van der Waals surface area (Å²) in [6, 6.07) is 0. The van der Waals surface area contributed by atoms with Crippen LogP contribution < -0.4 is 0 Å². The van der Waals surface area contributed by atoms with Gasteiger partial charge < -0.3 is 0 Å². The number of Topliss-reactive ketones (excluding diaryl/α,β-unsaturated/α-hetero) is 1. The number of ketones is 1. The van der Waals surface area contributed by atoms with Gasteiger partial charge in [-0.2, -0.15) is 0 Å². The average Bonchev–Trinajstić information content (AvgIpc) is 2.46. The lowest BCUT2D eigenvalue weighted by atomic mass is 9.85. The maximum atomic E-state index is 11.8. The first-order valence-corrected chi connectivity index (χ1v) is 5.08. The molecule has 64 valence electrons. The Morgan fingerprint density at radius 1 is 1.17 bits per heavy atom. The van der Waals surface area contributed by atoms with Crippen LogP contribution in [-0.4, -0.2) is 5.78 Å². The molecule has 4 bridgehead atoms. The van der Waals surface area contributed by atoms with Crippen LogP contribution in [0.15, 0.2) is 12.2 Å². The molecule has 1 heteroatoms. The highest BCUT2D eigenvalue weighted by Gasteiger charge is 2.52. The fraction of sp³-hybridized carbons (Fsp3) is 0.727. The van der Waals surface area contributed by atoms with Crippen molar-refractivity contribution in [3.63, 3.8) is 0 Å². The largest absolute Gasteiger partial charge is 0.299 e. The second-order valence-corrected chi connectivity index (χ2v) is 4.44. The Bertz CT molecular complexity index is 254. The molecule has 2 saturated carbocycles. The smallest absolute Gasteiger partial charge is 0.139 e. The van der Waals surface area contributed by atoms with Crippen LogP contribution in [0.3, 0.4) is 0 Å². The Kier molecular flexibility index (Phi) is 1.27. The van der Waals surface area contributed by atoms with Gasteiger partial charge in [0.15, 0.2) is 0 Å². The Hall–Kier alpha value is -0.590. The van der Waals surface area contributed by atoms with Crippen molar-refractivity contribution in [1.29, 1.82) is 0 Å². The number of rotatable bonds is 0. The highest BCUT2D eigenvalue weighted by molar-refractivity contribution is 5.88. The number of allylic oxidation sites excluding steroid dienone is 2. The summed E-state index contributed by atoms with van der Waals surface area (Å²) >= 11 is 0. The Morgan fingerprint density at radius 2 is 2.08 bits per heavy atom. The molecular weight excluding hydrogens is 148 g/mol. The van der Waals surface area contributed by atoms with Gasteiger partial charge in [0.25, 0.3) is 0 Å². The molecule has 0 heterocycles. The third-order valence-corrected chi connectivity index (χ3v) is 4.02. The van der Waals surface area contributed by atoms with Gasteiger partial charge in [-0.15, -0.1) is 0 Å². The molecule has 0 radical (unpaired) electrons. The van der Waals surface area contributed by atoms with E-state index in [9.17, 15) is 4.79 Å². The first-order chi connectivity index (χ1) is 5.88. The molecule has 3 rings (SSSR count). The van der Waals surface area contributed by atoms with E-state index >= 15 is 0 Å². The van der Waals surface area contributed by atoms with Gasteiger partial charge in [0.2, 0.25) is 0 Å². The normalized spacial score (nSPS) is 49.8. The van der Waals surface area contributed by atoms with Crippen molar-refractivity contribution in [2.24, 2.45) is 23.7 Å². The first kappa shape index (κ1) is 6.88. The van der Waals surface area contributed by atoms with Crippen LogP contribution in [0.1, 0.15) is 25.7 Å². The molecule has 4 atom stereocenters. The summed E-state index contributed by atoms with van der Waals surface area (Å²) in [4.78, 5) is 11.8. The second kappa shape index (κ2) is 2.21. The summed E-state index contributed by atoms with van der Waals surface area (Å²) in [5.41, 5.74) is 0. The fourth-order valence-corrected chi connectivity index (χ4v) is 3.50. The van der Waals surface area contributed by atoms with E-state index in [0.29, 0.717) is 23.5 Å². The molecular formula is C11H14O.